The molecule has 0 amide bonds. The Bertz CT molecular complexity index is 503. The lowest BCUT2D eigenvalue weighted by molar-refractivity contribution is 0.0767. The summed E-state index contributed by atoms with van der Waals surface area (Å²) in [4.78, 5) is 12.2. The molecule has 0 spiro atoms. The molecule has 1 aromatic rings. The van der Waals surface area contributed by atoms with Gasteiger partial charge in [0.25, 0.3) is 0 Å². The van der Waals surface area contributed by atoms with E-state index in [1.165, 1.54) is 0 Å². The predicted octanol–water partition coefficient (Wildman–Crippen LogP) is 2.47. The summed E-state index contributed by atoms with van der Waals surface area (Å²) in [6, 6.07) is 5.55. The van der Waals surface area contributed by atoms with Gasteiger partial charge >= 0.3 is 0 Å². The van der Waals surface area contributed by atoms with E-state index in [1.807, 2.05) is 39.0 Å². The Morgan fingerprint density at radius 1 is 1.50 bits per heavy atom. The summed E-state index contributed by atoms with van der Waals surface area (Å²) < 4.78 is 11.2. The Hall–Kier alpha value is -1.59. The van der Waals surface area contributed by atoms with Crippen molar-refractivity contribution in [3.8, 4) is 5.75 Å². The molecule has 0 aromatic heterocycles. The second-order valence-electron chi connectivity index (χ2n) is 5.89. The molecule has 1 aliphatic rings. The van der Waals surface area contributed by atoms with Crippen LogP contribution in [0.4, 0.5) is 5.69 Å². The van der Waals surface area contributed by atoms with Crippen molar-refractivity contribution in [2.24, 2.45) is 0 Å². The average molecular weight is 306 g/mol. The molecule has 2 N–H and O–H groups in total. The molecule has 5 nitrogen and oxygen atoms in total. The molecule has 1 aliphatic heterocycles. The Balaban J connectivity index is 1.76. The van der Waals surface area contributed by atoms with Gasteiger partial charge in [-0.2, -0.15) is 0 Å². The number of hydrogen-bond donors (Lipinski definition) is 2. The van der Waals surface area contributed by atoms with E-state index in [4.69, 9.17) is 9.47 Å². The normalized spacial score (nSPS) is 16.8. The van der Waals surface area contributed by atoms with Crippen LogP contribution in [0.25, 0.3) is 0 Å². The van der Waals surface area contributed by atoms with Gasteiger partial charge in [0, 0.05) is 12.2 Å². The summed E-state index contributed by atoms with van der Waals surface area (Å²) >= 11 is 0. The first-order chi connectivity index (χ1) is 10.6. The van der Waals surface area contributed by atoms with Crippen LogP contribution in [0.1, 0.15) is 37.6 Å². The van der Waals surface area contributed by atoms with E-state index in [-0.39, 0.29) is 18.0 Å². The van der Waals surface area contributed by atoms with Crippen LogP contribution < -0.4 is 15.4 Å². The van der Waals surface area contributed by atoms with Gasteiger partial charge in [-0.15, -0.1) is 0 Å². The van der Waals surface area contributed by atoms with Crippen molar-refractivity contribution in [1.82, 2.24) is 5.32 Å². The van der Waals surface area contributed by atoms with Crippen LogP contribution in [0.2, 0.25) is 0 Å². The van der Waals surface area contributed by atoms with Gasteiger partial charge in [-0.25, -0.2) is 0 Å². The second kappa shape index (κ2) is 8.15. The van der Waals surface area contributed by atoms with Crippen LogP contribution >= 0.6 is 0 Å². The van der Waals surface area contributed by atoms with Gasteiger partial charge < -0.3 is 20.1 Å². The van der Waals surface area contributed by atoms with Crippen molar-refractivity contribution in [3.63, 3.8) is 0 Å². The van der Waals surface area contributed by atoms with Crippen molar-refractivity contribution in [1.29, 1.82) is 0 Å². The molecule has 0 fully saturated rings. The molecule has 1 aromatic carbocycles. The summed E-state index contributed by atoms with van der Waals surface area (Å²) in [5, 5.41) is 6.45. The van der Waals surface area contributed by atoms with Crippen LogP contribution in [0, 0.1) is 0 Å². The number of carbonyl (C=O) groups is 1. The zero-order valence-corrected chi connectivity index (χ0v) is 13.6. The molecule has 1 atom stereocenters. The lowest BCUT2D eigenvalue weighted by Crippen LogP contribution is -2.28. The van der Waals surface area contributed by atoms with E-state index in [2.05, 4.69) is 10.6 Å². The van der Waals surface area contributed by atoms with Crippen molar-refractivity contribution < 1.29 is 14.3 Å². The van der Waals surface area contributed by atoms with Crippen molar-refractivity contribution in [3.05, 3.63) is 23.8 Å². The molecule has 0 bridgehead atoms. The number of Topliss-reactive ketones (excluding diaryl/α,β-unsaturated/α-hetero) is 1. The molecule has 22 heavy (non-hydrogen) atoms. The zero-order valence-electron chi connectivity index (χ0n) is 13.6. The SMILES string of the molecule is CC(C)OCCCNCC(=O)c1ccc2c(c1)NCC(C)O2. The van der Waals surface area contributed by atoms with E-state index in [0.29, 0.717) is 12.1 Å². The van der Waals surface area contributed by atoms with Crippen LogP contribution in [-0.2, 0) is 4.74 Å². The second-order valence-corrected chi connectivity index (χ2v) is 5.89. The minimum Gasteiger partial charge on any atom is -0.487 e. The predicted molar refractivity (Wildman–Crippen MR) is 87.9 cm³/mol. The summed E-state index contributed by atoms with van der Waals surface area (Å²) in [7, 11) is 0. The van der Waals surface area contributed by atoms with Gasteiger partial charge in [0.1, 0.15) is 11.9 Å². The molecule has 1 unspecified atom stereocenters. The Kier molecular flexibility index (Phi) is 6.21. The first kappa shape index (κ1) is 16.8. The highest BCUT2D eigenvalue weighted by Gasteiger charge is 2.17. The number of fused-ring (bicyclic) bond motifs is 1. The first-order valence-electron chi connectivity index (χ1n) is 7.96. The third-order valence-electron chi connectivity index (χ3n) is 3.44. The average Bonchev–Trinajstić information content (AvgIpc) is 2.49. The molecule has 122 valence electrons. The van der Waals surface area contributed by atoms with Crippen LogP contribution in [0.15, 0.2) is 18.2 Å². The van der Waals surface area contributed by atoms with E-state index in [0.717, 1.165) is 37.6 Å². The van der Waals surface area contributed by atoms with Gasteiger partial charge in [-0.05, 0) is 51.9 Å². The number of ketones is 1. The number of benzene rings is 1. The van der Waals surface area contributed by atoms with Crippen LogP contribution in [0.5, 0.6) is 5.75 Å². The molecule has 1 heterocycles. The van der Waals surface area contributed by atoms with Crippen molar-refractivity contribution >= 4 is 11.5 Å². The van der Waals surface area contributed by atoms with Gasteiger partial charge in [-0.3, -0.25) is 4.79 Å². The number of nitrogens with one attached hydrogen (secondary N) is 2. The first-order valence-corrected chi connectivity index (χ1v) is 7.96. The highest BCUT2D eigenvalue weighted by atomic mass is 16.5. The highest BCUT2D eigenvalue weighted by Crippen LogP contribution is 2.29. The number of ether oxygens (including phenoxy) is 2. The Morgan fingerprint density at radius 3 is 3.09 bits per heavy atom. The Labute approximate surface area is 132 Å². The molecule has 2 rings (SSSR count). The fourth-order valence-corrected chi connectivity index (χ4v) is 2.28. The Morgan fingerprint density at radius 2 is 2.32 bits per heavy atom. The third kappa shape index (κ3) is 5.00. The highest BCUT2D eigenvalue weighted by molar-refractivity contribution is 5.98. The number of rotatable bonds is 8. The van der Waals surface area contributed by atoms with Crippen LogP contribution in [-0.4, -0.2) is 44.2 Å². The minimum atomic E-state index is 0.0907. The molecular formula is C17H26N2O3. The maximum Gasteiger partial charge on any atom is 0.176 e. The maximum atomic E-state index is 12.2. The van der Waals surface area contributed by atoms with Crippen molar-refractivity contribution in [2.45, 2.75) is 39.4 Å². The maximum absolute atomic E-state index is 12.2. The van der Waals surface area contributed by atoms with Gasteiger partial charge in [0.2, 0.25) is 0 Å². The summed E-state index contributed by atoms with van der Waals surface area (Å²) in [6.07, 6.45) is 1.32. The summed E-state index contributed by atoms with van der Waals surface area (Å²) in [5.41, 5.74) is 1.60. The fourth-order valence-electron chi connectivity index (χ4n) is 2.28. The minimum absolute atomic E-state index is 0.0907. The lowest BCUT2D eigenvalue weighted by atomic mass is 10.1. The summed E-state index contributed by atoms with van der Waals surface area (Å²) in [6.45, 7) is 8.66. The lowest BCUT2D eigenvalue weighted by Gasteiger charge is -2.25. The van der Waals surface area contributed by atoms with E-state index in [9.17, 15) is 4.79 Å². The van der Waals surface area contributed by atoms with Crippen molar-refractivity contribution in [2.75, 3.05) is 31.6 Å². The van der Waals surface area contributed by atoms with Gasteiger partial charge in [-0.1, -0.05) is 0 Å². The number of hydrogen-bond acceptors (Lipinski definition) is 5. The van der Waals surface area contributed by atoms with Gasteiger partial charge in [0.05, 0.1) is 24.9 Å². The molecule has 0 saturated carbocycles. The largest absolute Gasteiger partial charge is 0.487 e. The quantitative estimate of drug-likeness (QED) is 0.571. The van der Waals surface area contributed by atoms with E-state index < -0.39 is 0 Å². The van der Waals surface area contributed by atoms with Gasteiger partial charge in [0.15, 0.2) is 5.78 Å². The molecule has 0 saturated heterocycles. The topological polar surface area (TPSA) is 59.6 Å². The van der Waals surface area contributed by atoms with E-state index >= 15 is 0 Å². The number of anilines is 1. The number of carbonyl (C=O) groups excluding carboxylic acids is 1. The molecule has 0 aliphatic carbocycles. The van der Waals surface area contributed by atoms with E-state index in [1.54, 1.807) is 0 Å². The standard InChI is InChI=1S/C17H26N2O3/c1-12(2)21-8-4-7-18-11-16(20)14-5-6-17-15(9-14)19-10-13(3)22-17/h5-6,9,12-13,18-19H,4,7-8,10-11H2,1-3H3. The summed E-state index contributed by atoms with van der Waals surface area (Å²) in [5.74, 6) is 0.905. The molecule has 5 heteroatoms. The molecule has 0 radical (unpaired) electrons. The zero-order chi connectivity index (χ0) is 15.9. The smallest absolute Gasteiger partial charge is 0.176 e. The fraction of sp³-hybridized carbons (Fsp3) is 0.588. The third-order valence-corrected chi connectivity index (χ3v) is 3.44. The molecular weight excluding hydrogens is 280 g/mol. The monoisotopic (exact) mass is 306 g/mol. The van der Waals surface area contributed by atoms with Crippen LogP contribution in [0.3, 0.4) is 0 Å².